The number of fused-ring (bicyclic) bond motifs is 1. The summed E-state index contributed by atoms with van der Waals surface area (Å²) in [5.41, 5.74) is 0.550. The summed E-state index contributed by atoms with van der Waals surface area (Å²) in [7, 11) is 0. The van der Waals surface area contributed by atoms with Gasteiger partial charge in [0.1, 0.15) is 5.82 Å². The second-order valence-corrected chi connectivity index (χ2v) is 5.79. The highest BCUT2D eigenvalue weighted by molar-refractivity contribution is 6.31. The third-order valence-corrected chi connectivity index (χ3v) is 4.16. The van der Waals surface area contributed by atoms with E-state index in [1.54, 1.807) is 0 Å². The van der Waals surface area contributed by atoms with Crippen molar-refractivity contribution in [3.05, 3.63) is 22.5 Å². The summed E-state index contributed by atoms with van der Waals surface area (Å²) in [5, 5.41) is 3.54. The lowest BCUT2D eigenvalue weighted by Crippen LogP contribution is -2.35. The van der Waals surface area contributed by atoms with Crippen LogP contribution >= 0.6 is 11.6 Å². The molecule has 5 heteroatoms. The van der Waals surface area contributed by atoms with Gasteiger partial charge in [-0.05, 0) is 25.8 Å². The lowest BCUT2D eigenvalue weighted by atomic mass is 9.96. The molecule has 0 aromatic heterocycles. The first-order valence-corrected chi connectivity index (χ1v) is 7.63. The molecule has 0 amide bonds. The standard InChI is InChI=1S/C15H19ClFNO2/c16-12-9-13-15(20-7-3-6-19-13)11(14(12)17)8-10-4-1-2-5-18-10/h9-10,18H,1-8H2. The van der Waals surface area contributed by atoms with E-state index in [0.717, 1.165) is 19.4 Å². The fraction of sp³-hybridized carbons (Fsp3) is 0.600. The molecule has 1 aromatic carbocycles. The molecule has 0 spiro atoms. The van der Waals surface area contributed by atoms with E-state index in [9.17, 15) is 4.39 Å². The Morgan fingerprint density at radius 1 is 1.25 bits per heavy atom. The molecule has 1 atom stereocenters. The van der Waals surface area contributed by atoms with E-state index in [-0.39, 0.29) is 16.9 Å². The first-order valence-electron chi connectivity index (χ1n) is 7.25. The minimum absolute atomic E-state index is 0.111. The number of rotatable bonds is 2. The molecule has 2 heterocycles. The molecule has 1 unspecified atom stereocenters. The predicted octanol–water partition coefficient (Wildman–Crippen LogP) is 3.33. The van der Waals surface area contributed by atoms with E-state index in [1.807, 2.05) is 0 Å². The summed E-state index contributed by atoms with van der Waals surface area (Å²) in [6.45, 7) is 2.13. The van der Waals surface area contributed by atoms with Crippen molar-refractivity contribution in [2.45, 2.75) is 38.1 Å². The van der Waals surface area contributed by atoms with Crippen LogP contribution in [0.1, 0.15) is 31.2 Å². The lowest BCUT2D eigenvalue weighted by molar-refractivity contribution is 0.294. The molecule has 1 saturated heterocycles. The van der Waals surface area contributed by atoms with Gasteiger partial charge >= 0.3 is 0 Å². The predicted molar refractivity (Wildman–Crippen MR) is 76.4 cm³/mol. The molecule has 1 aromatic rings. The van der Waals surface area contributed by atoms with E-state index in [2.05, 4.69) is 5.32 Å². The van der Waals surface area contributed by atoms with Crippen LogP contribution in [0.5, 0.6) is 11.5 Å². The van der Waals surface area contributed by atoms with Gasteiger partial charge < -0.3 is 14.8 Å². The Morgan fingerprint density at radius 2 is 2.10 bits per heavy atom. The van der Waals surface area contributed by atoms with E-state index in [1.165, 1.54) is 18.9 Å². The Kier molecular flexibility index (Phi) is 4.32. The van der Waals surface area contributed by atoms with Crippen molar-refractivity contribution in [3.8, 4) is 11.5 Å². The average molecular weight is 300 g/mol. The van der Waals surface area contributed by atoms with Gasteiger partial charge in [0.2, 0.25) is 0 Å². The molecule has 2 aliphatic rings. The maximum absolute atomic E-state index is 14.4. The molecule has 20 heavy (non-hydrogen) atoms. The van der Waals surface area contributed by atoms with Crippen molar-refractivity contribution in [2.75, 3.05) is 19.8 Å². The van der Waals surface area contributed by atoms with Gasteiger partial charge in [0.05, 0.1) is 18.2 Å². The number of hydrogen-bond donors (Lipinski definition) is 1. The van der Waals surface area contributed by atoms with Crippen molar-refractivity contribution in [3.63, 3.8) is 0 Å². The topological polar surface area (TPSA) is 30.5 Å². The monoisotopic (exact) mass is 299 g/mol. The van der Waals surface area contributed by atoms with Crippen LogP contribution in [0.25, 0.3) is 0 Å². The van der Waals surface area contributed by atoms with Gasteiger partial charge in [0.25, 0.3) is 0 Å². The van der Waals surface area contributed by atoms with Crippen LogP contribution in [0.3, 0.4) is 0 Å². The fourth-order valence-corrected chi connectivity index (χ4v) is 3.06. The molecule has 1 N–H and O–H groups in total. The molecular weight excluding hydrogens is 281 g/mol. The van der Waals surface area contributed by atoms with Crippen LogP contribution in [0.2, 0.25) is 5.02 Å². The van der Waals surface area contributed by atoms with Crippen molar-refractivity contribution in [2.24, 2.45) is 0 Å². The van der Waals surface area contributed by atoms with Crippen LogP contribution in [0, 0.1) is 5.82 Å². The molecule has 0 aliphatic carbocycles. The Labute approximate surface area is 123 Å². The highest BCUT2D eigenvalue weighted by atomic mass is 35.5. The summed E-state index contributed by atoms with van der Waals surface area (Å²) in [5.74, 6) is 0.736. The first kappa shape index (κ1) is 14.0. The molecule has 3 rings (SSSR count). The minimum Gasteiger partial charge on any atom is -0.489 e. The van der Waals surface area contributed by atoms with Gasteiger partial charge in [-0.1, -0.05) is 18.0 Å². The van der Waals surface area contributed by atoms with Crippen molar-refractivity contribution < 1.29 is 13.9 Å². The molecule has 0 bridgehead atoms. The zero-order valence-corrected chi connectivity index (χ0v) is 12.1. The highest BCUT2D eigenvalue weighted by Gasteiger charge is 2.24. The molecule has 2 aliphatic heterocycles. The molecule has 110 valence electrons. The summed E-state index contributed by atoms with van der Waals surface area (Å²) < 4.78 is 25.7. The van der Waals surface area contributed by atoms with Crippen LogP contribution in [-0.4, -0.2) is 25.8 Å². The molecule has 0 saturated carbocycles. The van der Waals surface area contributed by atoms with E-state index < -0.39 is 0 Å². The zero-order valence-electron chi connectivity index (χ0n) is 11.4. The molecule has 1 fully saturated rings. The Balaban J connectivity index is 1.92. The van der Waals surface area contributed by atoms with Gasteiger partial charge in [-0.15, -0.1) is 0 Å². The van der Waals surface area contributed by atoms with Crippen LogP contribution in [0.4, 0.5) is 4.39 Å². The fourth-order valence-electron chi connectivity index (χ4n) is 2.84. The number of hydrogen-bond acceptors (Lipinski definition) is 3. The Morgan fingerprint density at radius 3 is 2.90 bits per heavy atom. The second-order valence-electron chi connectivity index (χ2n) is 5.38. The minimum atomic E-state index is -0.372. The molecule has 3 nitrogen and oxygen atoms in total. The summed E-state index contributed by atoms with van der Waals surface area (Å²) in [6.07, 6.45) is 4.82. The summed E-state index contributed by atoms with van der Waals surface area (Å²) in [6, 6.07) is 1.81. The SMILES string of the molecule is Fc1c(Cl)cc2c(c1CC1CCCCN1)OCCCO2. The maximum Gasteiger partial charge on any atom is 0.167 e. The number of benzene rings is 1. The highest BCUT2D eigenvalue weighted by Crippen LogP contribution is 2.39. The quantitative estimate of drug-likeness (QED) is 0.909. The van der Waals surface area contributed by atoms with Gasteiger partial charge in [-0.2, -0.15) is 0 Å². The van der Waals surface area contributed by atoms with Gasteiger partial charge in [0.15, 0.2) is 11.5 Å². The third-order valence-electron chi connectivity index (χ3n) is 3.89. The van der Waals surface area contributed by atoms with Gasteiger partial charge in [0, 0.05) is 24.1 Å². The van der Waals surface area contributed by atoms with E-state index >= 15 is 0 Å². The van der Waals surface area contributed by atoms with E-state index in [0.29, 0.717) is 36.7 Å². The normalized spacial score (nSPS) is 22.4. The van der Waals surface area contributed by atoms with Crippen molar-refractivity contribution in [1.82, 2.24) is 5.32 Å². The Hall–Kier alpha value is -1.00. The van der Waals surface area contributed by atoms with Gasteiger partial charge in [-0.3, -0.25) is 0 Å². The molecule has 0 radical (unpaired) electrons. The smallest absolute Gasteiger partial charge is 0.167 e. The maximum atomic E-state index is 14.4. The first-order chi connectivity index (χ1) is 9.75. The number of halogens is 2. The average Bonchev–Trinajstić information content (AvgIpc) is 2.70. The van der Waals surface area contributed by atoms with Crippen molar-refractivity contribution in [1.29, 1.82) is 0 Å². The van der Waals surface area contributed by atoms with E-state index in [4.69, 9.17) is 21.1 Å². The summed E-state index contributed by atoms with van der Waals surface area (Å²) >= 11 is 5.99. The lowest BCUT2D eigenvalue weighted by Gasteiger charge is -2.25. The van der Waals surface area contributed by atoms with Crippen LogP contribution in [0.15, 0.2) is 6.07 Å². The Bertz CT molecular complexity index is 489. The van der Waals surface area contributed by atoms with Crippen LogP contribution < -0.4 is 14.8 Å². The number of ether oxygens (including phenoxy) is 2. The second kappa shape index (κ2) is 6.19. The van der Waals surface area contributed by atoms with Gasteiger partial charge in [-0.25, -0.2) is 4.39 Å². The zero-order chi connectivity index (χ0) is 13.9. The van der Waals surface area contributed by atoms with Crippen LogP contribution in [-0.2, 0) is 6.42 Å². The largest absolute Gasteiger partial charge is 0.489 e. The summed E-state index contributed by atoms with van der Waals surface area (Å²) in [4.78, 5) is 0. The van der Waals surface area contributed by atoms with Crippen molar-refractivity contribution >= 4 is 11.6 Å². The molecular formula is C15H19ClFNO2. The number of nitrogens with one attached hydrogen (secondary N) is 1. The third kappa shape index (κ3) is 2.86. The number of piperidine rings is 1.